The van der Waals surface area contributed by atoms with Gasteiger partial charge in [-0.2, -0.15) is 11.8 Å². The van der Waals surface area contributed by atoms with Crippen molar-refractivity contribution in [1.29, 1.82) is 0 Å². The second-order valence-electron chi connectivity index (χ2n) is 4.34. The third-order valence-corrected chi connectivity index (χ3v) is 3.57. The van der Waals surface area contributed by atoms with Crippen LogP contribution in [0.2, 0.25) is 0 Å². The minimum absolute atomic E-state index is 0.598. The third kappa shape index (κ3) is 4.18. The summed E-state index contributed by atoms with van der Waals surface area (Å²) in [6, 6.07) is 7.34. The molecular weight excluding hydrogens is 214 g/mol. The third-order valence-electron chi connectivity index (χ3n) is 2.83. The lowest BCUT2D eigenvalue weighted by atomic mass is 9.99. The first-order valence-corrected chi connectivity index (χ1v) is 7.35. The zero-order chi connectivity index (χ0) is 12.0. The van der Waals surface area contributed by atoms with Gasteiger partial charge in [0, 0.05) is 11.8 Å². The Kier molecular flexibility index (Phi) is 5.93. The number of thioether (sulfide) groups is 1. The molecule has 1 rings (SSSR count). The summed E-state index contributed by atoms with van der Waals surface area (Å²) < 4.78 is 0. The van der Waals surface area contributed by atoms with Crippen LogP contribution < -0.4 is 5.32 Å². The van der Waals surface area contributed by atoms with Gasteiger partial charge in [-0.05, 0) is 44.2 Å². The molecular formula is C14H23NS. The van der Waals surface area contributed by atoms with Crippen molar-refractivity contribution in [2.24, 2.45) is 0 Å². The predicted octanol–water partition coefficient (Wildman–Crippen LogP) is 3.19. The van der Waals surface area contributed by atoms with E-state index in [4.69, 9.17) is 0 Å². The molecule has 16 heavy (non-hydrogen) atoms. The van der Waals surface area contributed by atoms with Crippen molar-refractivity contribution in [2.75, 3.05) is 18.6 Å². The quantitative estimate of drug-likeness (QED) is 0.815. The van der Waals surface area contributed by atoms with Crippen LogP contribution in [-0.4, -0.2) is 24.6 Å². The molecule has 0 fully saturated rings. The van der Waals surface area contributed by atoms with Crippen LogP contribution in [0.4, 0.5) is 0 Å². The maximum atomic E-state index is 3.56. The van der Waals surface area contributed by atoms with E-state index in [1.165, 1.54) is 22.4 Å². The number of nitrogens with one attached hydrogen (secondary N) is 1. The number of hydrogen-bond donors (Lipinski definition) is 1. The Labute approximate surface area is 104 Å². The summed E-state index contributed by atoms with van der Waals surface area (Å²) in [5, 5.41) is 3.56. The number of aryl methyl sites for hydroxylation is 2. The molecule has 1 atom stereocenters. The average molecular weight is 237 g/mol. The summed E-state index contributed by atoms with van der Waals surface area (Å²) in [7, 11) is 0. The molecule has 0 aromatic heterocycles. The van der Waals surface area contributed by atoms with Gasteiger partial charge in [0.25, 0.3) is 0 Å². The Morgan fingerprint density at radius 1 is 1.31 bits per heavy atom. The SMILES string of the molecule is CCNC(CSC)Cc1cc(C)ccc1C. The van der Waals surface area contributed by atoms with Gasteiger partial charge in [-0.15, -0.1) is 0 Å². The zero-order valence-corrected chi connectivity index (χ0v) is 11.7. The fraction of sp³-hybridized carbons (Fsp3) is 0.571. The molecule has 0 radical (unpaired) electrons. The predicted molar refractivity (Wildman–Crippen MR) is 75.5 cm³/mol. The molecule has 1 aromatic rings. The lowest BCUT2D eigenvalue weighted by Gasteiger charge is -2.18. The molecule has 1 nitrogen and oxygen atoms in total. The van der Waals surface area contributed by atoms with Crippen LogP contribution in [0.3, 0.4) is 0 Å². The van der Waals surface area contributed by atoms with Crippen molar-refractivity contribution < 1.29 is 0 Å². The topological polar surface area (TPSA) is 12.0 Å². The summed E-state index contributed by atoms with van der Waals surface area (Å²) >= 11 is 1.92. The molecule has 1 unspecified atom stereocenters. The minimum atomic E-state index is 0.598. The molecule has 0 bridgehead atoms. The van der Waals surface area contributed by atoms with Gasteiger partial charge in [0.2, 0.25) is 0 Å². The van der Waals surface area contributed by atoms with Crippen LogP contribution >= 0.6 is 11.8 Å². The van der Waals surface area contributed by atoms with Crippen molar-refractivity contribution in [3.63, 3.8) is 0 Å². The molecule has 0 saturated carbocycles. The van der Waals surface area contributed by atoms with Crippen LogP contribution in [0.15, 0.2) is 18.2 Å². The Bertz CT molecular complexity index is 317. The Balaban J connectivity index is 2.71. The molecule has 2 heteroatoms. The van der Waals surface area contributed by atoms with Gasteiger partial charge in [0.15, 0.2) is 0 Å². The first-order valence-electron chi connectivity index (χ1n) is 5.95. The Morgan fingerprint density at radius 2 is 2.06 bits per heavy atom. The van der Waals surface area contributed by atoms with Crippen LogP contribution in [0, 0.1) is 13.8 Å². The first-order chi connectivity index (χ1) is 7.67. The number of hydrogen-bond acceptors (Lipinski definition) is 2. The molecule has 1 N–H and O–H groups in total. The molecule has 0 saturated heterocycles. The highest BCUT2D eigenvalue weighted by atomic mass is 32.2. The van der Waals surface area contributed by atoms with Crippen molar-refractivity contribution in [3.05, 3.63) is 34.9 Å². The highest BCUT2D eigenvalue weighted by Gasteiger charge is 2.09. The van der Waals surface area contributed by atoms with Crippen molar-refractivity contribution >= 4 is 11.8 Å². The summed E-state index contributed by atoms with van der Waals surface area (Å²) in [6.45, 7) is 7.60. The van der Waals surface area contributed by atoms with Crippen molar-refractivity contribution in [3.8, 4) is 0 Å². The zero-order valence-electron chi connectivity index (χ0n) is 10.8. The summed E-state index contributed by atoms with van der Waals surface area (Å²) in [6.07, 6.45) is 3.32. The van der Waals surface area contributed by atoms with Crippen LogP contribution in [0.25, 0.3) is 0 Å². The van der Waals surface area contributed by atoms with Crippen molar-refractivity contribution in [1.82, 2.24) is 5.32 Å². The van der Waals surface area contributed by atoms with Gasteiger partial charge in [0.05, 0.1) is 0 Å². The minimum Gasteiger partial charge on any atom is -0.313 e. The van der Waals surface area contributed by atoms with E-state index in [1.807, 2.05) is 11.8 Å². The lowest BCUT2D eigenvalue weighted by Crippen LogP contribution is -2.33. The van der Waals surface area contributed by atoms with Crippen LogP contribution in [0.1, 0.15) is 23.6 Å². The average Bonchev–Trinajstić information content (AvgIpc) is 2.24. The van der Waals surface area contributed by atoms with E-state index in [2.05, 4.69) is 50.5 Å². The van der Waals surface area contributed by atoms with Gasteiger partial charge < -0.3 is 5.32 Å². The van der Waals surface area contributed by atoms with Crippen LogP contribution in [0.5, 0.6) is 0 Å². The van der Waals surface area contributed by atoms with Crippen LogP contribution in [-0.2, 0) is 6.42 Å². The Morgan fingerprint density at radius 3 is 2.69 bits per heavy atom. The Hall–Kier alpha value is -0.470. The number of benzene rings is 1. The molecule has 0 amide bonds. The second-order valence-corrected chi connectivity index (χ2v) is 5.25. The molecule has 90 valence electrons. The summed E-state index contributed by atoms with van der Waals surface area (Å²) in [5.41, 5.74) is 4.26. The second kappa shape index (κ2) is 6.97. The van der Waals surface area contributed by atoms with Gasteiger partial charge in [-0.25, -0.2) is 0 Å². The van der Waals surface area contributed by atoms with Gasteiger partial charge >= 0.3 is 0 Å². The largest absolute Gasteiger partial charge is 0.313 e. The summed E-state index contributed by atoms with van der Waals surface area (Å²) in [4.78, 5) is 0. The summed E-state index contributed by atoms with van der Waals surface area (Å²) in [5.74, 6) is 1.18. The number of rotatable bonds is 6. The van der Waals surface area contributed by atoms with E-state index in [9.17, 15) is 0 Å². The molecule has 0 aliphatic rings. The van der Waals surface area contributed by atoms with E-state index in [0.29, 0.717) is 6.04 Å². The fourth-order valence-electron chi connectivity index (χ4n) is 1.97. The molecule has 0 aliphatic carbocycles. The van der Waals surface area contributed by atoms with Crippen molar-refractivity contribution in [2.45, 2.75) is 33.2 Å². The van der Waals surface area contributed by atoms with E-state index >= 15 is 0 Å². The fourth-order valence-corrected chi connectivity index (χ4v) is 2.60. The standard InChI is InChI=1S/C14H23NS/c1-5-15-14(10-16-4)9-13-8-11(2)6-7-12(13)3/h6-8,14-15H,5,9-10H2,1-4H3. The highest BCUT2D eigenvalue weighted by Crippen LogP contribution is 2.14. The van der Waals surface area contributed by atoms with Gasteiger partial charge in [0.1, 0.15) is 0 Å². The molecule has 1 aromatic carbocycles. The maximum absolute atomic E-state index is 3.56. The number of likely N-dealkylation sites (N-methyl/N-ethyl adjacent to an activating group) is 1. The van der Waals surface area contributed by atoms with E-state index < -0.39 is 0 Å². The monoisotopic (exact) mass is 237 g/mol. The normalized spacial score (nSPS) is 12.8. The van der Waals surface area contributed by atoms with Gasteiger partial charge in [-0.1, -0.05) is 30.7 Å². The molecule has 0 heterocycles. The smallest absolute Gasteiger partial charge is 0.0198 e. The lowest BCUT2D eigenvalue weighted by molar-refractivity contribution is 0.572. The van der Waals surface area contributed by atoms with E-state index in [-0.39, 0.29) is 0 Å². The van der Waals surface area contributed by atoms with E-state index in [0.717, 1.165) is 13.0 Å². The maximum Gasteiger partial charge on any atom is 0.0198 e. The molecule has 0 aliphatic heterocycles. The van der Waals surface area contributed by atoms with Gasteiger partial charge in [-0.3, -0.25) is 0 Å². The molecule has 0 spiro atoms. The first kappa shape index (κ1) is 13.6. The highest BCUT2D eigenvalue weighted by molar-refractivity contribution is 7.98. The van der Waals surface area contributed by atoms with E-state index in [1.54, 1.807) is 0 Å².